The number of halogens is 4. The quantitative estimate of drug-likeness (QED) is 0.0589. The molecule has 0 saturated carbocycles. The molecule has 0 unspecified atom stereocenters. The van der Waals surface area contributed by atoms with Crippen LogP contribution in [-0.2, 0) is 12.8 Å². The monoisotopic (exact) mass is 642 g/mol. The minimum Gasteiger partial charge on any atom is -0.423 e. The Kier molecular flexibility index (Phi) is 12.2. The molecule has 0 amide bonds. The molecule has 0 N–H and O–H groups in total. The van der Waals surface area contributed by atoms with Gasteiger partial charge < -0.3 is 9.47 Å². The SMILES string of the molecule is N#Cc1ccc(OC(=O)c2ccc(CCCCCCCCCc3ccc(C(=O)Oc4ccc(C#N)c(F)c4)c(F)c3)cc2F)cc1F. The van der Waals surface area contributed by atoms with Crippen molar-refractivity contribution >= 4 is 11.9 Å². The maximum Gasteiger partial charge on any atom is 0.346 e. The van der Waals surface area contributed by atoms with Gasteiger partial charge in [-0.05, 0) is 85.3 Å². The van der Waals surface area contributed by atoms with Gasteiger partial charge in [-0.2, -0.15) is 10.5 Å². The van der Waals surface area contributed by atoms with Crippen LogP contribution >= 0.6 is 0 Å². The lowest BCUT2D eigenvalue weighted by molar-refractivity contribution is 0.0719. The number of esters is 2. The highest BCUT2D eigenvalue weighted by Crippen LogP contribution is 2.22. The molecular weight excluding hydrogens is 612 g/mol. The van der Waals surface area contributed by atoms with E-state index < -0.39 is 35.2 Å². The number of carbonyl (C=O) groups is 2. The lowest BCUT2D eigenvalue weighted by atomic mass is 10.0. The molecule has 0 radical (unpaired) electrons. The number of carbonyl (C=O) groups excluding carboxylic acids is 2. The summed E-state index contributed by atoms with van der Waals surface area (Å²) in [7, 11) is 0. The van der Waals surface area contributed by atoms with Gasteiger partial charge in [-0.1, -0.05) is 44.2 Å². The second-order valence-electron chi connectivity index (χ2n) is 10.9. The zero-order valence-electron chi connectivity index (χ0n) is 25.3. The molecule has 0 aromatic heterocycles. The molecule has 0 fully saturated rings. The average molecular weight is 643 g/mol. The number of benzene rings is 4. The van der Waals surface area contributed by atoms with Gasteiger partial charge in [0.1, 0.15) is 46.9 Å². The molecule has 10 heteroatoms. The first-order chi connectivity index (χ1) is 22.7. The number of rotatable bonds is 14. The summed E-state index contributed by atoms with van der Waals surface area (Å²) in [4.78, 5) is 24.7. The van der Waals surface area contributed by atoms with Crippen molar-refractivity contribution in [3.63, 3.8) is 0 Å². The predicted octanol–water partition coefficient (Wildman–Crippen LogP) is 8.94. The number of aryl methyl sites for hydroxylation is 2. The van der Waals surface area contributed by atoms with Gasteiger partial charge >= 0.3 is 11.9 Å². The number of nitrogens with zero attached hydrogens (tertiary/aromatic N) is 2. The van der Waals surface area contributed by atoms with Crippen LogP contribution in [-0.4, -0.2) is 11.9 Å². The summed E-state index contributed by atoms with van der Waals surface area (Å²) in [5.41, 5.74) is 0.582. The standard InChI is InChI=1S/C37H30F4N2O4/c38-32-20-28(14-12-26(32)22-42)46-36(44)30-16-10-24(18-34(30)40)8-6-4-2-1-3-5-7-9-25-11-17-31(35(41)19-25)37(45)47-29-15-13-27(23-43)33(39)21-29/h10-21H,1-9H2. The van der Waals surface area contributed by atoms with Gasteiger partial charge in [-0.15, -0.1) is 0 Å². The summed E-state index contributed by atoms with van der Waals surface area (Å²) < 4.78 is 66.7. The van der Waals surface area contributed by atoms with E-state index in [9.17, 15) is 27.2 Å². The molecule has 0 saturated heterocycles. The van der Waals surface area contributed by atoms with Gasteiger partial charge in [0.15, 0.2) is 0 Å². The maximum atomic E-state index is 14.6. The fraction of sp³-hybridized carbons (Fsp3) is 0.243. The van der Waals surface area contributed by atoms with Crippen LogP contribution in [0.2, 0.25) is 0 Å². The van der Waals surface area contributed by atoms with E-state index in [0.29, 0.717) is 12.8 Å². The van der Waals surface area contributed by atoms with Crippen molar-refractivity contribution in [3.8, 4) is 23.6 Å². The fourth-order valence-corrected chi connectivity index (χ4v) is 4.93. The van der Waals surface area contributed by atoms with E-state index in [1.807, 2.05) is 0 Å². The Bertz CT molecular complexity index is 1710. The van der Waals surface area contributed by atoms with Crippen molar-refractivity contribution in [2.24, 2.45) is 0 Å². The molecule has 0 aliphatic heterocycles. The van der Waals surface area contributed by atoms with Crippen molar-refractivity contribution in [1.29, 1.82) is 10.5 Å². The molecule has 4 aromatic rings. The van der Waals surface area contributed by atoms with Crippen LogP contribution in [0.25, 0.3) is 0 Å². The van der Waals surface area contributed by atoms with Crippen molar-refractivity contribution < 1.29 is 36.6 Å². The van der Waals surface area contributed by atoms with Gasteiger partial charge in [-0.25, -0.2) is 27.2 Å². The normalized spacial score (nSPS) is 10.6. The average Bonchev–Trinajstić information content (AvgIpc) is 3.04. The number of unbranched alkanes of at least 4 members (excludes halogenated alkanes) is 6. The van der Waals surface area contributed by atoms with Crippen LogP contribution in [0.5, 0.6) is 11.5 Å². The molecule has 47 heavy (non-hydrogen) atoms. The highest BCUT2D eigenvalue weighted by molar-refractivity contribution is 5.92. The lowest BCUT2D eigenvalue weighted by Gasteiger charge is -2.08. The number of hydrogen-bond donors (Lipinski definition) is 0. The summed E-state index contributed by atoms with van der Waals surface area (Å²) in [6, 6.07) is 18.6. The minimum atomic E-state index is -0.958. The Morgan fingerprint density at radius 3 is 1.23 bits per heavy atom. The van der Waals surface area contributed by atoms with Gasteiger partial charge in [0.05, 0.1) is 22.3 Å². The third-order valence-corrected chi connectivity index (χ3v) is 7.48. The topological polar surface area (TPSA) is 100 Å². The number of nitriles is 2. The predicted molar refractivity (Wildman–Crippen MR) is 165 cm³/mol. The lowest BCUT2D eigenvalue weighted by Crippen LogP contribution is -2.11. The Hall–Kier alpha value is -5.48. The van der Waals surface area contributed by atoms with Crippen LogP contribution in [0.1, 0.15) is 87.9 Å². The number of ether oxygens (including phenoxy) is 2. The van der Waals surface area contributed by atoms with E-state index in [1.165, 1.54) is 48.5 Å². The van der Waals surface area contributed by atoms with Crippen LogP contribution in [0.15, 0.2) is 72.8 Å². The molecule has 0 heterocycles. The van der Waals surface area contributed by atoms with Crippen molar-refractivity contribution in [1.82, 2.24) is 0 Å². The highest BCUT2D eigenvalue weighted by atomic mass is 19.1. The van der Waals surface area contributed by atoms with E-state index in [2.05, 4.69) is 0 Å². The first-order valence-electron chi connectivity index (χ1n) is 15.1. The zero-order chi connectivity index (χ0) is 33.8. The molecule has 6 nitrogen and oxygen atoms in total. The van der Waals surface area contributed by atoms with E-state index in [0.717, 1.165) is 68.2 Å². The Labute approximate surface area is 269 Å². The summed E-state index contributed by atoms with van der Waals surface area (Å²) in [6.07, 6.45) is 7.92. The van der Waals surface area contributed by atoms with E-state index in [-0.39, 0.29) is 33.8 Å². The van der Waals surface area contributed by atoms with E-state index in [4.69, 9.17) is 20.0 Å². The maximum absolute atomic E-state index is 14.6. The van der Waals surface area contributed by atoms with Crippen LogP contribution in [0, 0.1) is 45.9 Å². The van der Waals surface area contributed by atoms with E-state index in [1.54, 1.807) is 24.3 Å². The molecule has 0 bridgehead atoms. The molecule has 240 valence electrons. The highest BCUT2D eigenvalue weighted by Gasteiger charge is 2.17. The van der Waals surface area contributed by atoms with Gasteiger partial charge in [-0.3, -0.25) is 0 Å². The van der Waals surface area contributed by atoms with Crippen molar-refractivity contribution in [3.05, 3.63) is 129 Å². The van der Waals surface area contributed by atoms with Gasteiger partial charge in [0, 0.05) is 12.1 Å². The third kappa shape index (κ3) is 9.75. The Balaban J connectivity index is 1.11. The molecule has 0 atom stereocenters. The second kappa shape index (κ2) is 16.7. The molecule has 0 aliphatic rings. The van der Waals surface area contributed by atoms with Crippen molar-refractivity contribution in [2.45, 2.75) is 57.8 Å². The molecule has 4 aromatic carbocycles. The summed E-state index contributed by atoms with van der Waals surface area (Å²) in [5.74, 6) is -5.29. The van der Waals surface area contributed by atoms with E-state index >= 15 is 0 Å². The molecule has 4 rings (SSSR count). The molecular formula is C37H30F4N2O4. The van der Waals surface area contributed by atoms with Gasteiger partial charge in [0.2, 0.25) is 0 Å². The first kappa shape index (κ1) is 34.4. The summed E-state index contributed by atoms with van der Waals surface area (Å²) in [5, 5.41) is 17.6. The van der Waals surface area contributed by atoms with Crippen LogP contribution in [0.3, 0.4) is 0 Å². The van der Waals surface area contributed by atoms with Crippen molar-refractivity contribution in [2.75, 3.05) is 0 Å². The molecule has 0 spiro atoms. The third-order valence-electron chi connectivity index (χ3n) is 7.48. The Morgan fingerprint density at radius 1 is 0.511 bits per heavy atom. The summed E-state index contributed by atoms with van der Waals surface area (Å²) >= 11 is 0. The first-order valence-corrected chi connectivity index (χ1v) is 15.1. The summed E-state index contributed by atoms with van der Waals surface area (Å²) in [6.45, 7) is 0. The minimum absolute atomic E-state index is 0.125. The van der Waals surface area contributed by atoms with Crippen LogP contribution < -0.4 is 9.47 Å². The molecule has 0 aliphatic carbocycles. The zero-order valence-corrected chi connectivity index (χ0v) is 25.3. The van der Waals surface area contributed by atoms with Crippen LogP contribution in [0.4, 0.5) is 17.6 Å². The van der Waals surface area contributed by atoms with Gasteiger partial charge in [0.25, 0.3) is 0 Å². The smallest absolute Gasteiger partial charge is 0.346 e. The second-order valence-corrected chi connectivity index (χ2v) is 10.9. The number of hydrogen-bond acceptors (Lipinski definition) is 6. The Morgan fingerprint density at radius 2 is 0.894 bits per heavy atom. The largest absolute Gasteiger partial charge is 0.423 e. The fourth-order valence-electron chi connectivity index (χ4n) is 4.93.